The van der Waals surface area contributed by atoms with E-state index in [4.69, 9.17) is 18.9 Å². The number of fused-ring (bicyclic) bond motifs is 1. The summed E-state index contributed by atoms with van der Waals surface area (Å²) in [4.78, 5) is 26.9. The molecule has 1 atom stereocenters. The van der Waals surface area contributed by atoms with E-state index >= 15 is 0 Å². The van der Waals surface area contributed by atoms with Crippen molar-refractivity contribution in [3.63, 3.8) is 0 Å². The van der Waals surface area contributed by atoms with Gasteiger partial charge >= 0.3 is 0 Å². The largest absolute Gasteiger partial charge is 0.493 e. The Labute approximate surface area is 174 Å². The first-order valence-corrected chi connectivity index (χ1v) is 9.75. The maximum absolute atomic E-state index is 12.8. The lowest BCUT2D eigenvalue weighted by Gasteiger charge is -2.24. The molecule has 0 radical (unpaired) electrons. The van der Waals surface area contributed by atoms with E-state index < -0.39 is 6.04 Å². The smallest absolute Gasteiger partial charge is 0.243 e. The van der Waals surface area contributed by atoms with Gasteiger partial charge in [0.25, 0.3) is 0 Å². The molecule has 1 N–H and O–H groups in total. The Morgan fingerprint density at radius 2 is 1.83 bits per heavy atom. The monoisotopic (exact) mass is 412 g/mol. The molecule has 2 aliphatic rings. The Morgan fingerprint density at radius 1 is 1.07 bits per heavy atom. The van der Waals surface area contributed by atoms with Crippen LogP contribution in [0.5, 0.6) is 23.0 Å². The lowest BCUT2D eigenvalue weighted by molar-refractivity contribution is -0.135. The van der Waals surface area contributed by atoms with Gasteiger partial charge in [0.15, 0.2) is 23.0 Å². The quantitative estimate of drug-likeness (QED) is 0.751. The van der Waals surface area contributed by atoms with Crippen molar-refractivity contribution in [2.45, 2.75) is 32.0 Å². The highest BCUT2D eigenvalue weighted by atomic mass is 16.7. The Kier molecular flexibility index (Phi) is 5.65. The average Bonchev–Trinajstić information content (AvgIpc) is 3.38. The van der Waals surface area contributed by atoms with Crippen LogP contribution in [0.25, 0.3) is 0 Å². The second kappa shape index (κ2) is 8.52. The third kappa shape index (κ3) is 3.98. The van der Waals surface area contributed by atoms with Crippen LogP contribution in [-0.2, 0) is 22.7 Å². The van der Waals surface area contributed by atoms with Crippen LogP contribution in [0.2, 0.25) is 0 Å². The summed E-state index contributed by atoms with van der Waals surface area (Å²) in [7, 11) is 3.14. The molecule has 1 unspecified atom stereocenters. The Hall–Kier alpha value is -3.42. The molecule has 0 spiro atoms. The minimum absolute atomic E-state index is 0.0288. The van der Waals surface area contributed by atoms with Crippen molar-refractivity contribution in [3.8, 4) is 23.0 Å². The Morgan fingerprint density at radius 3 is 2.63 bits per heavy atom. The number of carbonyl (C=O) groups excluding carboxylic acids is 2. The highest BCUT2D eigenvalue weighted by molar-refractivity contribution is 5.90. The van der Waals surface area contributed by atoms with Crippen molar-refractivity contribution < 1.29 is 28.5 Å². The summed E-state index contributed by atoms with van der Waals surface area (Å²) in [6.45, 7) is 0.883. The van der Waals surface area contributed by atoms with E-state index in [0.29, 0.717) is 48.9 Å². The second-order valence-corrected chi connectivity index (χ2v) is 7.17. The van der Waals surface area contributed by atoms with E-state index in [9.17, 15) is 9.59 Å². The number of hydrogen-bond donors (Lipinski definition) is 1. The second-order valence-electron chi connectivity index (χ2n) is 7.17. The molecule has 2 aromatic rings. The fourth-order valence-electron chi connectivity index (χ4n) is 3.74. The number of hydrogen-bond acceptors (Lipinski definition) is 6. The predicted molar refractivity (Wildman–Crippen MR) is 108 cm³/mol. The molecule has 8 nitrogen and oxygen atoms in total. The van der Waals surface area contributed by atoms with Gasteiger partial charge in [0.1, 0.15) is 6.04 Å². The summed E-state index contributed by atoms with van der Waals surface area (Å²) in [5.74, 6) is 2.38. The molecule has 2 aliphatic heterocycles. The van der Waals surface area contributed by atoms with Crippen molar-refractivity contribution in [1.29, 1.82) is 0 Å². The van der Waals surface area contributed by atoms with E-state index in [2.05, 4.69) is 5.32 Å². The maximum Gasteiger partial charge on any atom is 0.243 e. The topological polar surface area (TPSA) is 86.3 Å². The Bertz CT molecular complexity index is 961. The molecule has 158 valence electrons. The molecule has 0 aromatic heterocycles. The third-order valence-corrected chi connectivity index (χ3v) is 5.34. The molecular weight excluding hydrogens is 388 g/mol. The zero-order chi connectivity index (χ0) is 21.1. The van der Waals surface area contributed by atoms with Crippen LogP contribution in [0.4, 0.5) is 0 Å². The molecule has 2 aromatic carbocycles. The van der Waals surface area contributed by atoms with Gasteiger partial charge < -0.3 is 29.2 Å². The van der Waals surface area contributed by atoms with Crippen LogP contribution < -0.4 is 24.3 Å². The average molecular weight is 412 g/mol. The van der Waals surface area contributed by atoms with Crippen molar-refractivity contribution in [3.05, 3.63) is 47.5 Å². The molecular formula is C22H24N2O6. The number of carbonyl (C=O) groups is 2. The van der Waals surface area contributed by atoms with Gasteiger partial charge in [-0.3, -0.25) is 9.59 Å². The number of likely N-dealkylation sites (tertiary alicyclic amines) is 1. The first-order valence-electron chi connectivity index (χ1n) is 9.75. The molecule has 2 heterocycles. The highest BCUT2D eigenvalue weighted by Crippen LogP contribution is 2.33. The Balaban J connectivity index is 1.41. The summed E-state index contributed by atoms with van der Waals surface area (Å²) in [6, 6.07) is 10.6. The number of methoxy groups -OCH3 is 2. The van der Waals surface area contributed by atoms with Gasteiger partial charge in [0, 0.05) is 19.5 Å². The third-order valence-electron chi connectivity index (χ3n) is 5.34. The van der Waals surface area contributed by atoms with Crippen molar-refractivity contribution >= 4 is 11.8 Å². The van der Waals surface area contributed by atoms with Gasteiger partial charge in [-0.05, 0) is 41.8 Å². The molecule has 4 rings (SSSR count). The number of ether oxygens (including phenoxy) is 4. The van der Waals surface area contributed by atoms with Gasteiger partial charge in [0.05, 0.1) is 14.2 Å². The maximum atomic E-state index is 12.8. The summed E-state index contributed by atoms with van der Waals surface area (Å²) in [5, 5.41) is 2.93. The molecule has 2 amide bonds. The van der Waals surface area contributed by atoms with Crippen LogP contribution in [0.1, 0.15) is 24.0 Å². The predicted octanol–water partition coefficient (Wildman–Crippen LogP) is 2.24. The van der Waals surface area contributed by atoms with E-state index in [1.165, 1.54) is 0 Å². The van der Waals surface area contributed by atoms with Gasteiger partial charge in [0.2, 0.25) is 18.6 Å². The van der Waals surface area contributed by atoms with Crippen molar-refractivity contribution in [2.75, 3.05) is 21.0 Å². The summed E-state index contributed by atoms with van der Waals surface area (Å²) in [5.41, 5.74) is 1.78. The van der Waals surface area contributed by atoms with Crippen molar-refractivity contribution in [2.24, 2.45) is 0 Å². The minimum Gasteiger partial charge on any atom is -0.493 e. The fraction of sp³-hybridized carbons (Fsp3) is 0.364. The van der Waals surface area contributed by atoms with Crippen LogP contribution in [-0.4, -0.2) is 43.8 Å². The molecule has 0 bridgehead atoms. The molecule has 8 heteroatoms. The van der Waals surface area contributed by atoms with E-state index in [1.807, 2.05) is 30.3 Å². The molecule has 30 heavy (non-hydrogen) atoms. The number of rotatable bonds is 7. The van der Waals surface area contributed by atoms with Gasteiger partial charge in [-0.2, -0.15) is 0 Å². The van der Waals surface area contributed by atoms with Crippen LogP contribution >= 0.6 is 0 Å². The normalized spacial score (nSPS) is 17.2. The van der Waals surface area contributed by atoms with Gasteiger partial charge in [-0.15, -0.1) is 0 Å². The minimum atomic E-state index is -0.497. The fourth-order valence-corrected chi connectivity index (χ4v) is 3.74. The summed E-state index contributed by atoms with van der Waals surface area (Å²) < 4.78 is 21.3. The standard InChI is InChI=1S/C22H24N2O6/c1-27-17-6-3-14(9-19(17)28-2)11-23-22(26)16-5-8-21(25)24(16)12-15-4-7-18-20(10-15)30-13-29-18/h3-4,6-7,9-10,16H,5,8,11-13H2,1-2H3,(H,23,26). The molecule has 1 fully saturated rings. The first kappa shape index (κ1) is 19.9. The van der Waals surface area contributed by atoms with Crippen molar-refractivity contribution in [1.82, 2.24) is 10.2 Å². The van der Waals surface area contributed by atoms with E-state index in [0.717, 1.165) is 11.1 Å². The molecule has 0 saturated carbocycles. The SMILES string of the molecule is COc1ccc(CNC(=O)C2CCC(=O)N2Cc2ccc3c(c2)OCO3)cc1OC. The number of nitrogens with zero attached hydrogens (tertiary/aromatic N) is 1. The summed E-state index contributed by atoms with van der Waals surface area (Å²) in [6.07, 6.45) is 0.861. The number of benzene rings is 2. The van der Waals surface area contributed by atoms with Crippen LogP contribution in [0.15, 0.2) is 36.4 Å². The lowest BCUT2D eigenvalue weighted by atomic mass is 10.1. The zero-order valence-corrected chi connectivity index (χ0v) is 17.0. The van der Waals surface area contributed by atoms with Crippen LogP contribution in [0, 0.1) is 0 Å². The first-order chi connectivity index (χ1) is 14.6. The van der Waals surface area contributed by atoms with Gasteiger partial charge in [-0.1, -0.05) is 12.1 Å². The molecule has 0 aliphatic carbocycles. The van der Waals surface area contributed by atoms with E-state index in [1.54, 1.807) is 25.2 Å². The lowest BCUT2D eigenvalue weighted by Crippen LogP contribution is -2.44. The summed E-state index contributed by atoms with van der Waals surface area (Å²) >= 11 is 0. The number of nitrogens with one attached hydrogen (secondary N) is 1. The number of amides is 2. The van der Waals surface area contributed by atoms with Crippen LogP contribution in [0.3, 0.4) is 0 Å². The van der Waals surface area contributed by atoms with E-state index in [-0.39, 0.29) is 18.6 Å². The highest BCUT2D eigenvalue weighted by Gasteiger charge is 2.36. The van der Waals surface area contributed by atoms with Gasteiger partial charge in [-0.25, -0.2) is 0 Å². The molecule has 1 saturated heterocycles. The zero-order valence-electron chi connectivity index (χ0n) is 17.0.